The fourth-order valence-corrected chi connectivity index (χ4v) is 2.86. The van der Waals surface area contributed by atoms with Gasteiger partial charge in [-0.05, 0) is 31.7 Å². The highest BCUT2D eigenvalue weighted by atomic mass is 32.1. The van der Waals surface area contributed by atoms with Gasteiger partial charge in [0.1, 0.15) is 0 Å². The second-order valence-corrected chi connectivity index (χ2v) is 5.58. The molecule has 0 radical (unpaired) electrons. The standard InChI is InChI=1S/C15H21N3OS/c1-4-7-12(13-8-6-9-20-13)17-15-16-11(3)10-14(18-15)19-5-2/h6,8-10,12H,4-5,7H2,1-3H3,(H,16,17,18). The SMILES string of the molecule is CCCC(Nc1nc(C)cc(OCC)n1)c1cccs1. The van der Waals surface area contributed by atoms with Crippen molar-refractivity contribution in [2.45, 2.75) is 39.7 Å². The quantitative estimate of drug-likeness (QED) is 0.830. The molecule has 5 heteroatoms. The van der Waals surface area contributed by atoms with Gasteiger partial charge in [0.25, 0.3) is 0 Å². The second-order valence-electron chi connectivity index (χ2n) is 4.61. The van der Waals surface area contributed by atoms with E-state index in [0.29, 0.717) is 18.4 Å². The van der Waals surface area contributed by atoms with E-state index in [1.54, 1.807) is 11.3 Å². The highest BCUT2D eigenvalue weighted by Gasteiger charge is 2.13. The summed E-state index contributed by atoms with van der Waals surface area (Å²) in [5.41, 5.74) is 0.910. The predicted octanol–water partition coefficient (Wildman–Crippen LogP) is 4.20. The zero-order valence-corrected chi connectivity index (χ0v) is 13.0. The van der Waals surface area contributed by atoms with E-state index in [1.807, 2.05) is 19.9 Å². The molecular formula is C15H21N3OS. The lowest BCUT2D eigenvalue weighted by Crippen LogP contribution is -2.12. The van der Waals surface area contributed by atoms with Gasteiger partial charge in [-0.2, -0.15) is 4.98 Å². The van der Waals surface area contributed by atoms with Gasteiger partial charge in [0.15, 0.2) is 0 Å². The number of rotatable bonds is 7. The molecule has 4 nitrogen and oxygen atoms in total. The van der Waals surface area contributed by atoms with Crippen LogP contribution in [0.2, 0.25) is 0 Å². The van der Waals surface area contributed by atoms with Crippen LogP contribution in [0.5, 0.6) is 5.88 Å². The normalized spacial score (nSPS) is 12.2. The summed E-state index contributed by atoms with van der Waals surface area (Å²) in [7, 11) is 0. The Morgan fingerprint density at radius 1 is 1.35 bits per heavy atom. The Hall–Kier alpha value is -1.62. The summed E-state index contributed by atoms with van der Waals surface area (Å²) in [4.78, 5) is 10.2. The van der Waals surface area contributed by atoms with E-state index in [-0.39, 0.29) is 6.04 Å². The van der Waals surface area contributed by atoms with Gasteiger partial charge in [-0.25, -0.2) is 4.98 Å². The van der Waals surface area contributed by atoms with Crippen LogP contribution in [-0.4, -0.2) is 16.6 Å². The lowest BCUT2D eigenvalue weighted by atomic mass is 10.1. The van der Waals surface area contributed by atoms with Crippen LogP contribution in [0.1, 0.15) is 43.3 Å². The van der Waals surface area contributed by atoms with Gasteiger partial charge in [0, 0.05) is 16.6 Å². The predicted molar refractivity (Wildman–Crippen MR) is 83.5 cm³/mol. The molecule has 0 aliphatic heterocycles. The Bertz CT molecular complexity index is 528. The number of nitrogens with zero attached hydrogens (tertiary/aromatic N) is 2. The number of ether oxygens (including phenoxy) is 1. The smallest absolute Gasteiger partial charge is 0.226 e. The Balaban J connectivity index is 2.17. The van der Waals surface area contributed by atoms with Crippen molar-refractivity contribution in [1.82, 2.24) is 9.97 Å². The molecular weight excluding hydrogens is 270 g/mol. The van der Waals surface area contributed by atoms with E-state index < -0.39 is 0 Å². The third-order valence-corrected chi connectivity index (χ3v) is 3.88. The van der Waals surface area contributed by atoms with Crippen LogP contribution in [0.4, 0.5) is 5.95 Å². The molecule has 1 atom stereocenters. The molecule has 0 aromatic carbocycles. The van der Waals surface area contributed by atoms with Crippen LogP contribution in [-0.2, 0) is 0 Å². The van der Waals surface area contributed by atoms with Crippen LogP contribution in [0.25, 0.3) is 0 Å². The zero-order valence-electron chi connectivity index (χ0n) is 12.2. The van der Waals surface area contributed by atoms with E-state index in [4.69, 9.17) is 4.74 Å². The zero-order chi connectivity index (χ0) is 14.4. The van der Waals surface area contributed by atoms with Gasteiger partial charge in [-0.15, -0.1) is 11.3 Å². The minimum atomic E-state index is 0.260. The van der Waals surface area contributed by atoms with Crippen molar-refractivity contribution >= 4 is 17.3 Å². The van der Waals surface area contributed by atoms with Crippen LogP contribution in [0.3, 0.4) is 0 Å². The monoisotopic (exact) mass is 291 g/mol. The van der Waals surface area contributed by atoms with Crippen LogP contribution in [0.15, 0.2) is 23.6 Å². The molecule has 2 heterocycles. The third-order valence-electron chi connectivity index (χ3n) is 2.89. The maximum atomic E-state index is 5.47. The van der Waals surface area contributed by atoms with Gasteiger partial charge in [-0.1, -0.05) is 19.4 Å². The number of hydrogen-bond acceptors (Lipinski definition) is 5. The Kier molecular flexibility index (Phi) is 5.35. The summed E-state index contributed by atoms with van der Waals surface area (Å²) in [6, 6.07) is 6.34. The first-order valence-electron chi connectivity index (χ1n) is 7.01. The van der Waals surface area contributed by atoms with Crippen molar-refractivity contribution < 1.29 is 4.74 Å². The van der Waals surface area contributed by atoms with Crippen molar-refractivity contribution in [3.8, 4) is 5.88 Å². The van der Waals surface area contributed by atoms with Crippen molar-refractivity contribution in [3.63, 3.8) is 0 Å². The molecule has 1 unspecified atom stereocenters. The van der Waals surface area contributed by atoms with E-state index in [2.05, 4.69) is 39.7 Å². The summed E-state index contributed by atoms with van der Waals surface area (Å²) in [5, 5.41) is 5.53. The summed E-state index contributed by atoms with van der Waals surface area (Å²) in [6.45, 7) is 6.70. The average molecular weight is 291 g/mol. The van der Waals surface area contributed by atoms with Gasteiger partial charge in [0.05, 0.1) is 12.6 Å². The average Bonchev–Trinajstić information content (AvgIpc) is 2.91. The molecule has 1 N–H and O–H groups in total. The number of anilines is 1. The molecule has 108 valence electrons. The van der Waals surface area contributed by atoms with E-state index >= 15 is 0 Å². The molecule has 0 saturated carbocycles. The van der Waals surface area contributed by atoms with E-state index in [0.717, 1.165) is 18.5 Å². The van der Waals surface area contributed by atoms with Gasteiger partial charge >= 0.3 is 0 Å². The lowest BCUT2D eigenvalue weighted by Gasteiger charge is -2.17. The van der Waals surface area contributed by atoms with E-state index in [1.165, 1.54) is 4.88 Å². The second kappa shape index (κ2) is 7.24. The van der Waals surface area contributed by atoms with Crippen LogP contribution < -0.4 is 10.1 Å². The highest BCUT2D eigenvalue weighted by Crippen LogP contribution is 2.26. The van der Waals surface area contributed by atoms with Gasteiger partial charge < -0.3 is 10.1 Å². The number of hydrogen-bond donors (Lipinski definition) is 1. The molecule has 0 saturated heterocycles. The minimum absolute atomic E-state index is 0.260. The molecule has 0 aliphatic rings. The maximum absolute atomic E-state index is 5.47. The molecule has 2 rings (SSSR count). The lowest BCUT2D eigenvalue weighted by molar-refractivity contribution is 0.326. The number of nitrogens with one attached hydrogen (secondary N) is 1. The largest absolute Gasteiger partial charge is 0.478 e. The molecule has 0 amide bonds. The maximum Gasteiger partial charge on any atom is 0.226 e. The highest BCUT2D eigenvalue weighted by molar-refractivity contribution is 7.10. The van der Waals surface area contributed by atoms with Gasteiger partial charge in [0.2, 0.25) is 11.8 Å². The first kappa shape index (κ1) is 14.8. The summed E-state index contributed by atoms with van der Waals surface area (Å²) >= 11 is 1.76. The third kappa shape index (κ3) is 3.93. The molecule has 2 aromatic rings. The topological polar surface area (TPSA) is 47.0 Å². The van der Waals surface area contributed by atoms with Crippen LogP contribution >= 0.6 is 11.3 Å². The molecule has 0 aliphatic carbocycles. The van der Waals surface area contributed by atoms with Crippen LogP contribution in [0, 0.1) is 6.92 Å². The molecule has 2 aromatic heterocycles. The number of aryl methyl sites for hydroxylation is 1. The van der Waals surface area contributed by atoms with Crippen molar-refractivity contribution in [2.24, 2.45) is 0 Å². The molecule has 20 heavy (non-hydrogen) atoms. The fourth-order valence-electron chi connectivity index (χ4n) is 2.05. The Labute approximate surface area is 124 Å². The minimum Gasteiger partial charge on any atom is -0.478 e. The summed E-state index contributed by atoms with van der Waals surface area (Å²) in [5.74, 6) is 1.27. The first-order chi connectivity index (χ1) is 9.72. The van der Waals surface area contributed by atoms with Gasteiger partial charge in [-0.3, -0.25) is 0 Å². The molecule has 0 bridgehead atoms. The fraction of sp³-hybridized carbons (Fsp3) is 0.467. The van der Waals surface area contributed by atoms with Crippen molar-refractivity contribution in [1.29, 1.82) is 0 Å². The van der Waals surface area contributed by atoms with Crippen molar-refractivity contribution in [2.75, 3.05) is 11.9 Å². The number of thiophene rings is 1. The van der Waals surface area contributed by atoms with E-state index in [9.17, 15) is 0 Å². The Morgan fingerprint density at radius 2 is 2.20 bits per heavy atom. The first-order valence-corrected chi connectivity index (χ1v) is 7.89. The summed E-state index contributed by atoms with van der Waals surface area (Å²) < 4.78 is 5.47. The summed E-state index contributed by atoms with van der Waals surface area (Å²) in [6.07, 6.45) is 2.17. The molecule has 0 fully saturated rings. The van der Waals surface area contributed by atoms with Crippen molar-refractivity contribution in [3.05, 3.63) is 34.2 Å². The number of aromatic nitrogens is 2. The molecule has 0 spiro atoms. The Morgan fingerprint density at radius 3 is 2.85 bits per heavy atom.